The van der Waals surface area contributed by atoms with Crippen LogP contribution in [0, 0.1) is 6.92 Å². The van der Waals surface area contributed by atoms with Crippen molar-refractivity contribution < 1.29 is 19.4 Å². The zero-order valence-electron chi connectivity index (χ0n) is 16.8. The largest absolute Gasteiger partial charge is 0.391 e. The van der Waals surface area contributed by atoms with Crippen LogP contribution in [0.3, 0.4) is 0 Å². The third kappa shape index (κ3) is 4.54. The van der Waals surface area contributed by atoms with Crippen molar-refractivity contribution in [3.63, 3.8) is 0 Å². The molecule has 9 heteroatoms. The molecular weight excluding hydrogens is 404 g/mol. The standard InChI is InChI=1S/C21H26N4O4S/c1-13-19(30-12-24-13)15-4-2-14(3-5-15)9-23-20(27)18-8-16(26)10-25(18)21(28)17-11-29-7-6-22-17/h2-5,12,16-18,22,26H,6-11H2,1H3,(H,23,27). The SMILES string of the molecule is Cc1ncsc1-c1ccc(CNC(=O)C2CC(O)CN2C(=O)C2COCCN2)cc1. The fourth-order valence-electron chi connectivity index (χ4n) is 3.89. The lowest BCUT2D eigenvalue weighted by Gasteiger charge is -2.30. The molecule has 2 fully saturated rings. The number of nitrogens with one attached hydrogen (secondary N) is 2. The molecule has 2 saturated heterocycles. The first-order valence-electron chi connectivity index (χ1n) is 10.1. The maximum Gasteiger partial charge on any atom is 0.243 e. The van der Waals surface area contributed by atoms with Gasteiger partial charge in [-0.2, -0.15) is 0 Å². The Labute approximate surface area is 179 Å². The van der Waals surface area contributed by atoms with Gasteiger partial charge in [-0.05, 0) is 18.1 Å². The minimum atomic E-state index is -0.698. The quantitative estimate of drug-likeness (QED) is 0.645. The Hall–Kier alpha value is -2.33. The number of aliphatic hydroxyl groups excluding tert-OH is 1. The number of aromatic nitrogens is 1. The van der Waals surface area contributed by atoms with Crippen molar-refractivity contribution in [1.29, 1.82) is 0 Å². The minimum Gasteiger partial charge on any atom is -0.391 e. The van der Waals surface area contributed by atoms with Crippen LogP contribution >= 0.6 is 11.3 Å². The first kappa shape index (κ1) is 20.9. The van der Waals surface area contributed by atoms with Gasteiger partial charge in [0.15, 0.2) is 0 Å². The van der Waals surface area contributed by atoms with Crippen LogP contribution in [-0.2, 0) is 20.9 Å². The van der Waals surface area contributed by atoms with Crippen LogP contribution in [0.4, 0.5) is 0 Å². The molecule has 160 valence electrons. The van der Waals surface area contributed by atoms with E-state index in [1.807, 2.05) is 36.7 Å². The number of morpholine rings is 1. The predicted octanol–water partition coefficient (Wildman–Crippen LogP) is 0.685. The molecule has 2 aliphatic rings. The molecule has 0 spiro atoms. The molecule has 3 heterocycles. The van der Waals surface area contributed by atoms with Gasteiger partial charge in [-0.3, -0.25) is 9.59 Å². The first-order chi connectivity index (χ1) is 14.5. The summed E-state index contributed by atoms with van der Waals surface area (Å²) in [6.07, 6.45) is -0.453. The normalized spacial score (nSPS) is 24.1. The van der Waals surface area contributed by atoms with E-state index >= 15 is 0 Å². The molecule has 0 saturated carbocycles. The molecule has 0 radical (unpaired) electrons. The van der Waals surface area contributed by atoms with E-state index in [0.29, 0.717) is 19.7 Å². The van der Waals surface area contributed by atoms with Crippen molar-refractivity contribution in [2.24, 2.45) is 0 Å². The first-order valence-corrected chi connectivity index (χ1v) is 11.0. The lowest BCUT2D eigenvalue weighted by Crippen LogP contribution is -2.56. The van der Waals surface area contributed by atoms with Crippen LogP contribution in [0.5, 0.6) is 0 Å². The second-order valence-electron chi connectivity index (χ2n) is 7.66. The van der Waals surface area contributed by atoms with Gasteiger partial charge in [-0.25, -0.2) is 4.98 Å². The number of thiazole rings is 1. The summed E-state index contributed by atoms with van der Waals surface area (Å²) in [6.45, 7) is 3.96. The van der Waals surface area contributed by atoms with Crippen LogP contribution in [0.2, 0.25) is 0 Å². The molecule has 3 atom stereocenters. The average Bonchev–Trinajstić information content (AvgIpc) is 3.38. The third-order valence-corrected chi connectivity index (χ3v) is 6.49. The monoisotopic (exact) mass is 430 g/mol. The van der Waals surface area contributed by atoms with Crippen LogP contribution in [-0.4, -0.2) is 71.3 Å². The fraction of sp³-hybridized carbons (Fsp3) is 0.476. The van der Waals surface area contributed by atoms with E-state index in [2.05, 4.69) is 15.6 Å². The van der Waals surface area contributed by atoms with Crippen molar-refractivity contribution >= 4 is 23.2 Å². The van der Waals surface area contributed by atoms with Crippen molar-refractivity contribution in [2.45, 2.75) is 38.1 Å². The van der Waals surface area contributed by atoms with Gasteiger partial charge < -0.3 is 25.4 Å². The summed E-state index contributed by atoms with van der Waals surface area (Å²) in [6, 6.07) is 6.85. The number of carbonyl (C=O) groups excluding carboxylic acids is 2. The molecule has 3 N–H and O–H groups in total. The van der Waals surface area contributed by atoms with Crippen molar-refractivity contribution in [2.75, 3.05) is 26.3 Å². The van der Waals surface area contributed by atoms with Crippen molar-refractivity contribution in [3.05, 3.63) is 41.0 Å². The Morgan fingerprint density at radius 2 is 2.17 bits per heavy atom. The number of aryl methyl sites for hydroxylation is 1. The van der Waals surface area contributed by atoms with E-state index in [1.165, 1.54) is 4.90 Å². The fourth-order valence-corrected chi connectivity index (χ4v) is 4.70. The van der Waals surface area contributed by atoms with Crippen LogP contribution < -0.4 is 10.6 Å². The summed E-state index contributed by atoms with van der Waals surface area (Å²) in [5.41, 5.74) is 4.90. The van der Waals surface area contributed by atoms with E-state index in [1.54, 1.807) is 11.3 Å². The Kier molecular flexibility index (Phi) is 6.43. The molecule has 4 rings (SSSR count). The number of rotatable bonds is 5. The number of β-amino-alcohol motifs (C(OH)–C–C–N with tert-alkyl or cyclic N) is 1. The highest BCUT2D eigenvalue weighted by Gasteiger charge is 2.41. The Bertz CT molecular complexity index is 895. The highest BCUT2D eigenvalue weighted by Crippen LogP contribution is 2.27. The lowest BCUT2D eigenvalue weighted by atomic mass is 10.1. The zero-order chi connectivity index (χ0) is 21.1. The van der Waals surface area contributed by atoms with E-state index in [-0.39, 0.29) is 31.4 Å². The third-order valence-electron chi connectivity index (χ3n) is 5.51. The number of carbonyl (C=O) groups is 2. The highest BCUT2D eigenvalue weighted by molar-refractivity contribution is 7.13. The van der Waals surface area contributed by atoms with Gasteiger partial charge in [0.05, 0.1) is 35.4 Å². The summed E-state index contributed by atoms with van der Waals surface area (Å²) in [5.74, 6) is -0.449. The van der Waals surface area contributed by atoms with Gasteiger partial charge in [-0.1, -0.05) is 24.3 Å². The van der Waals surface area contributed by atoms with E-state index in [0.717, 1.165) is 21.7 Å². The smallest absolute Gasteiger partial charge is 0.243 e. The minimum absolute atomic E-state index is 0.165. The van der Waals surface area contributed by atoms with Gasteiger partial charge in [0.2, 0.25) is 11.8 Å². The number of likely N-dealkylation sites (tertiary alicyclic amines) is 1. The number of hydrogen-bond acceptors (Lipinski definition) is 7. The number of aliphatic hydroxyl groups is 1. The molecule has 1 aromatic carbocycles. The summed E-state index contributed by atoms with van der Waals surface area (Å²) in [5, 5.41) is 16.1. The maximum absolute atomic E-state index is 12.8. The lowest BCUT2D eigenvalue weighted by molar-refractivity contribution is -0.142. The number of ether oxygens (including phenoxy) is 1. The van der Waals surface area contributed by atoms with Gasteiger partial charge in [0.25, 0.3) is 0 Å². The second kappa shape index (κ2) is 9.22. The molecule has 30 heavy (non-hydrogen) atoms. The molecule has 0 bridgehead atoms. The van der Waals surface area contributed by atoms with Crippen molar-refractivity contribution in [1.82, 2.24) is 20.5 Å². The van der Waals surface area contributed by atoms with Gasteiger partial charge in [0, 0.05) is 26.1 Å². The van der Waals surface area contributed by atoms with Crippen LogP contribution in [0.1, 0.15) is 17.7 Å². The van der Waals surface area contributed by atoms with Gasteiger partial charge in [-0.15, -0.1) is 11.3 Å². The van der Waals surface area contributed by atoms with Gasteiger partial charge in [0.1, 0.15) is 12.1 Å². The summed E-state index contributed by atoms with van der Waals surface area (Å²) in [4.78, 5) is 32.5. The van der Waals surface area contributed by atoms with Crippen LogP contribution in [0.25, 0.3) is 10.4 Å². The maximum atomic E-state index is 12.8. The van der Waals surface area contributed by atoms with E-state index in [4.69, 9.17) is 4.74 Å². The van der Waals surface area contributed by atoms with E-state index < -0.39 is 18.2 Å². The van der Waals surface area contributed by atoms with Crippen molar-refractivity contribution in [3.8, 4) is 10.4 Å². The Morgan fingerprint density at radius 1 is 1.37 bits per heavy atom. The zero-order valence-corrected chi connectivity index (χ0v) is 17.7. The molecule has 2 aliphatic heterocycles. The summed E-state index contributed by atoms with van der Waals surface area (Å²) in [7, 11) is 0. The van der Waals surface area contributed by atoms with Crippen LogP contribution in [0.15, 0.2) is 29.8 Å². The summed E-state index contributed by atoms with van der Waals surface area (Å²) >= 11 is 1.60. The molecule has 1 aromatic heterocycles. The Balaban J connectivity index is 1.36. The molecule has 2 amide bonds. The highest BCUT2D eigenvalue weighted by atomic mass is 32.1. The number of amides is 2. The second-order valence-corrected chi connectivity index (χ2v) is 8.51. The number of hydrogen-bond donors (Lipinski definition) is 3. The molecule has 3 unspecified atom stereocenters. The number of nitrogens with zero attached hydrogens (tertiary/aromatic N) is 2. The van der Waals surface area contributed by atoms with E-state index in [9.17, 15) is 14.7 Å². The number of benzene rings is 1. The molecular formula is C21H26N4O4S. The topological polar surface area (TPSA) is 104 Å². The molecule has 8 nitrogen and oxygen atoms in total. The molecule has 2 aromatic rings. The molecule has 0 aliphatic carbocycles. The summed E-state index contributed by atoms with van der Waals surface area (Å²) < 4.78 is 5.36. The van der Waals surface area contributed by atoms with Gasteiger partial charge >= 0.3 is 0 Å². The predicted molar refractivity (Wildman–Crippen MR) is 113 cm³/mol. The Morgan fingerprint density at radius 3 is 2.83 bits per heavy atom. The average molecular weight is 431 g/mol.